The van der Waals surface area contributed by atoms with Crippen LogP contribution in [0.25, 0.3) is 0 Å². The summed E-state index contributed by atoms with van der Waals surface area (Å²) in [6.07, 6.45) is 5.59. The standard InChI is InChI=1S/C17H16ClNO5/c18-13-8-11(5-6-14(13)24-12-3-1-2-4-12)19-16(20)15-7-10(9-23-15)17(21)22/h5-9,12H,1-4H2,(H,19,20)(H,21,22). The van der Waals surface area contributed by atoms with Gasteiger partial charge in [0, 0.05) is 11.8 Å². The predicted molar refractivity (Wildman–Crippen MR) is 88.0 cm³/mol. The molecule has 2 N–H and O–H groups in total. The van der Waals surface area contributed by atoms with Crippen molar-refractivity contribution in [3.8, 4) is 5.75 Å². The second-order valence-corrected chi connectivity index (χ2v) is 6.04. The Bertz CT molecular complexity index is 764. The highest BCUT2D eigenvalue weighted by atomic mass is 35.5. The molecule has 126 valence electrons. The molecule has 1 aromatic carbocycles. The molecule has 1 aliphatic carbocycles. The van der Waals surface area contributed by atoms with Crippen LogP contribution in [0.1, 0.15) is 46.6 Å². The van der Waals surface area contributed by atoms with Gasteiger partial charge in [-0.1, -0.05) is 11.6 Å². The summed E-state index contributed by atoms with van der Waals surface area (Å²) in [6, 6.07) is 6.14. The Balaban J connectivity index is 1.67. The molecule has 1 aromatic heterocycles. The van der Waals surface area contributed by atoms with Crippen LogP contribution in [0.2, 0.25) is 5.02 Å². The first-order valence-electron chi connectivity index (χ1n) is 7.62. The Morgan fingerprint density at radius 1 is 1.25 bits per heavy atom. The summed E-state index contributed by atoms with van der Waals surface area (Å²) in [5.41, 5.74) is 0.385. The first-order valence-corrected chi connectivity index (χ1v) is 8.00. The van der Waals surface area contributed by atoms with E-state index in [1.165, 1.54) is 0 Å². The quantitative estimate of drug-likeness (QED) is 0.844. The molecule has 1 fully saturated rings. The molecule has 1 amide bonds. The highest BCUT2D eigenvalue weighted by Crippen LogP contribution is 2.31. The Morgan fingerprint density at radius 3 is 2.62 bits per heavy atom. The molecule has 1 heterocycles. The van der Waals surface area contributed by atoms with Crippen LogP contribution in [0.15, 0.2) is 34.9 Å². The van der Waals surface area contributed by atoms with E-state index >= 15 is 0 Å². The van der Waals surface area contributed by atoms with Crippen molar-refractivity contribution in [2.24, 2.45) is 0 Å². The number of carboxylic acids is 1. The first kappa shape index (κ1) is 16.4. The smallest absolute Gasteiger partial charge is 0.338 e. The number of nitrogens with one attached hydrogen (secondary N) is 1. The lowest BCUT2D eigenvalue weighted by Crippen LogP contribution is -2.12. The molecule has 3 rings (SSSR count). The summed E-state index contributed by atoms with van der Waals surface area (Å²) in [4.78, 5) is 22.8. The van der Waals surface area contributed by atoms with Gasteiger partial charge in [-0.3, -0.25) is 4.79 Å². The van der Waals surface area contributed by atoms with Crippen molar-refractivity contribution in [3.05, 3.63) is 46.9 Å². The molecule has 6 nitrogen and oxygen atoms in total. The van der Waals surface area contributed by atoms with Gasteiger partial charge in [-0.25, -0.2) is 4.79 Å². The van der Waals surface area contributed by atoms with E-state index in [1.54, 1.807) is 18.2 Å². The van der Waals surface area contributed by atoms with Gasteiger partial charge < -0.3 is 19.6 Å². The Labute approximate surface area is 143 Å². The van der Waals surface area contributed by atoms with E-state index < -0.39 is 11.9 Å². The van der Waals surface area contributed by atoms with Gasteiger partial charge in [0.05, 0.1) is 16.7 Å². The minimum Gasteiger partial charge on any atom is -0.489 e. The largest absolute Gasteiger partial charge is 0.489 e. The minimum atomic E-state index is -1.16. The molecule has 24 heavy (non-hydrogen) atoms. The van der Waals surface area contributed by atoms with E-state index in [0.29, 0.717) is 16.5 Å². The van der Waals surface area contributed by atoms with Crippen LogP contribution in [-0.2, 0) is 0 Å². The van der Waals surface area contributed by atoms with Gasteiger partial charge >= 0.3 is 5.97 Å². The predicted octanol–water partition coefficient (Wildman–Crippen LogP) is 4.20. The number of hydrogen-bond donors (Lipinski definition) is 2. The molecule has 1 aliphatic rings. The zero-order valence-corrected chi connectivity index (χ0v) is 13.5. The maximum Gasteiger partial charge on any atom is 0.338 e. The van der Waals surface area contributed by atoms with Crippen LogP contribution in [0.5, 0.6) is 5.75 Å². The molecular weight excluding hydrogens is 334 g/mol. The van der Waals surface area contributed by atoms with Crippen LogP contribution >= 0.6 is 11.6 Å². The van der Waals surface area contributed by atoms with Crippen molar-refractivity contribution in [1.82, 2.24) is 0 Å². The maximum atomic E-state index is 12.1. The van der Waals surface area contributed by atoms with Crippen molar-refractivity contribution < 1.29 is 23.8 Å². The van der Waals surface area contributed by atoms with Crippen LogP contribution < -0.4 is 10.1 Å². The summed E-state index contributed by atoms with van der Waals surface area (Å²) >= 11 is 6.21. The van der Waals surface area contributed by atoms with Crippen LogP contribution in [-0.4, -0.2) is 23.1 Å². The number of anilines is 1. The fraction of sp³-hybridized carbons (Fsp3) is 0.294. The fourth-order valence-corrected chi connectivity index (χ4v) is 2.85. The van der Waals surface area contributed by atoms with Gasteiger partial charge in [-0.05, 0) is 43.9 Å². The summed E-state index contributed by atoms with van der Waals surface area (Å²) in [7, 11) is 0. The normalized spacial score (nSPS) is 14.5. The van der Waals surface area contributed by atoms with Crippen LogP contribution in [0, 0.1) is 0 Å². The lowest BCUT2D eigenvalue weighted by Gasteiger charge is -2.15. The number of carbonyl (C=O) groups excluding carboxylic acids is 1. The molecule has 0 unspecified atom stereocenters. The number of furan rings is 1. The number of benzene rings is 1. The van der Waals surface area contributed by atoms with E-state index in [0.717, 1.165) is 38.0 Å². The third-order valence-corrected chi connectivity index (χ3v) is 4.15. The van der Waals surface area contributed by atoms with Crippen LogP contribution in [0.3, 0.4) is 0 Å². The second kappa shape index (κ2) is 6.97. The summed E-state index contributed by atoms with van der Waals surface area (Å²) < 4.78 is 10.8. The lowest BCUT2D eigenvalue weighted by atomic mass is 10.2. The number of hydrogen-bond acceptors (Lipinski definition) is 4. The topological polar surface area (TPSA) is 88.8 Å². The highest BCUT2D eigenvalue weighted by molar-refractivity contribution is 6.32. The Morgan fingerprint density at radius 2 is 2.00 bits per heavy atom. The first-order chi connectivity index (χ1) is 11.5. The van der Waals surface area contributed by atoms with E-state index in [-0.39, 0.29) is 17.4 Å². The van der Waals surface area contributed by atoms with Gasteiger partial charge in [0.15, 0.2) is 5.76 Å². The SMILES string of the molecule is O=C(O)c1coc(C(=O)Nc2ccc(OC3CCCC3)c(Cl)c2)c1. The molecule has 0 spiro atoms. The lowest BCUT2D eigenvalue weighted by molar-refractivity contribution is 0.0696. The van der Waals surface area contributed by atoms with Crippen LogP contribution in [0.4, 0.5) is 5.69 Å². The highest BCUT2D eigenvalue weighted by Gasteiger charge is 2.19. The monoisotopic (exact) mass is 349 g/mol. The average Bonchev–Trinajstić information content (AvgIpc) is 3.21. The van der Waals surface area contributed by atoms with Gasteiger partial charge in [0.25, 0.3) is 5.91 Å². The number of ether oxygens (including phenoxy) is 1. The molecule has 0 aliphatic heterocycles. The molecule has 0 radical (unpaired) electrons. The van der Waals surface area contributed by atoms with Crippen molar-refractivity contribution >= 4 is 29.2 Å². The molecular formula is C17H16ClNO5. The third kappa shape index (κ3) is 3.71. The third-order valence-electron chi connectivity index (χ3n) is 3.86. The molecule has 2 aromatic rings. The Hall–Kier alpha value is -2.47. The van der Waals surface area contributed by atoms with Crippen molar-refractivity contribution in [1.29, 1.82) is 0 Å². The number of rotatable bonds is 5. The number of aromatic carboxylic acids is 1. The number of carbonyl (C=O) groups is 2. The zero-order valence-electron chi connectivity index (χ0n) is 12.8. The van der Waals surface area contributed by atoms with E-state index in [1.807, 2.05) is 0 Å². The molecule has 0 saturated heterocycles. The van der Waals surface area contributed by atoms with E-state index in [4.69, 9.17) is 25.9 Å². The van der Waals surface area contributed by atoms with Gasteiger partial charge in [-0.2, -0.15) is 0 Å². The average molecular weight is 350 g/mol. The Kier molecular flexibility index (Phi) is 4.76. The van der Waals surface area contributed by atoms with E-state index in [9.17, 15) is 9.59 Å². The molecule has 1 saturated carbocycles. The zero-order chi connectivity index (χ0) is 17.1. The molecule has 0 atom stereocenters. The van der Waals surface area contributed by atoms with Gasteiger partial charge in [0.2, 0.25) is 0 Å². The van der Waals surface area contributed by atoms with Crippen molar-refractivity contribution in [2.75, 3.05) is 5.32 Å². The van der Waals surface area contributed by atoms with Crippen molar-refractivity contribution in [3.63, 3.8) is 0 Å². The number of halogens is 1. The summed E-state index contributed by atoms with van der Waals surface area (Å²) in [5, 5.41) is 11.8. The summed E-state index contributed by atoms with van der Waals surface area (Å²) in [6.45, 7) is 0. The van der Waals surface area contributed by atoms with Gasteiger partial charge in [-0.15, -0.1) is 0 Å². The van der Waals surface area contributed by atoms with Crippen molar-refractivity contribution in [2.45, 2.75) is 31.8 Å². The van der Waals surface area contributed by atoms with Gasteiger partial charge in [0.1, 0.15) is 12.0 Å². The number of amides is 1. The fourth-order valence-electron chi connectivity index (χ4n) is 2.62. The molecule has 0 bridgehead atoms. The minimum absolute atomic E-state index is 0.0847. The van der Waals surface area contributed by atoms with E-state index in [2.05, 4.69) is 5.32 Å². The second-order valence-electron chi connectivity index (χ2n) is 5.63. The number of carboxylic acid groups (broad SMARTS) is 1. The molecule has 7 heteroatoms. The maximum absolute atomic E-state index is 12.1. The summed E-state index contributed by atoms with van der Waals surface area (Å²) in [5.74, 6) is -1.21.